The molecule has 0 fully saturated rings. The molecule has 0 aliphatic carbocycles. The standard InChI is InChI=1S/C17H21FN2O2/c1-12(11-19-17-6-4-5-16(18)20-17)9-13-7-8-14(21-2)15(10-13)22-3/h4-8,10,12H,9,11H2,1-3H3,(H,19,20). The van der Waals surface area contributed by atoms with Gasteiger partial charge in [-0.05, 0) is 42.2 Å². The fraction of sp³-hybridized carbons (Fsp3) is 0.353. The van der Waals surface area contributed by atoms with Crippen LogP contribution in [0.4, 0.5) is 10.2 Å². The summed E-state index contributed by atoms with van der Waals surface area (Å²) in [5.74, 6) is 1.90. The summed E-state index contributed by atoms with van der Waals surface area (Å²) in [6.07, 6.45) is 0.878. The van der Waals surface area contributed by atoms with Crippen molar-refractivity contribution in [3.8, 4) is 11.5 Å². The molecule has 0 aliphatic rings. The fourth-order valence-electron chi connectivity index (χ4n) is 2.27. The van der Waals surface area contributed by atoms with Crippen LogP contribution in [-0.4, -0.2) is 25.7 Å². The van der Waals surface area contributed by atoms with Gasteiger partial charge in [0.25, 0.3) is 0 Å². The van der Waals surface area contributed by atoms with Gasteiger partial charge in [0.15, 0.2) is 11.5 Å². The third-order valence-corrected chi connectivity index (χ3v) is 3.38. The Kier molecular flexibility index (Phi) is 5.58. The zero-order valence-electron chi connectivity index (χ0n) is 13.1. The molecule has 22 heavy (non-hydrogen) atoms. The molecule has 1 aromatic heterocycles. The van der Waals surface area contributed by atoms with Crippen LogP contribution in [0, 0.1) is 11.9 Å². The molecule has 0 radical (unpaired) electrons. The van der Waals surface area contributed by atoms with E-state index in [1.807, 2.05) is 18.2 Å². The molecule has 1 heterocycles. The number of benzene rings is 1. The number of nitrogens with zero attached hydrogens (tertiary/aromatic N) is 1. The lowest BCUT2D eigenvalue weighted by atomic mass is 10.0. The molecule has 4 nitrogen and oxygen atoms in total. The largest absolute Gasteiger partial charge is 0.493 e. The topological polar surface area (TPSA) is 43.4 Å². The second-order valence-corrected chi connectivity index (χ2v) is 5.23. The predicted molar refractivity (Wildman–Crippen MR) is 85.1 cm³/mol. The highest BCUT2D eigenvalue weighted by Gasteiger charge is 2.08. The molecule has 2 aromatic rings. The van der Waals surface area contributed by atoms with Crippen molar-refractivity contribution in [2.75, 3.05) is 26.1 Å². The highest BCUT2D eigenvalue weighted by atomic mass is 19.1. The quantitative estimate of drug-likeness (QED) is 0.795. The van der Waals surface area contributed by atoms with E-state index >= 15 is 0 Å². The van der Waals surface area contributed by atoms with E-state index in [1.165, 1.54) is 11.6 Å². The van der Waals surface area contributed by atoms with E-state index in [1.54, 1.807) is 26.4 Å². The van der Waals surface area contributed by atoms with E-state index in [0.717, 1.165) is 17.9 Å². The van der Waals surface area contributed by atoms with Crippen LogP contribution < -0.4 is 14.8 Å². The number of aromatic nitrogens is 1. The number of hydrogen-bond acceptors (Lipinski definition) is 4. The molecule has 2 rings (SSSR count). The number of anilines is 1. The summed E-state index contributed by atoms with van der Waals surface area (Å²) in [7, 11) is 3.25. The SMILES string of the molecule is COc1ccc(CC(C)CNc2cccc(F)n2)cc1OC. The summed E-state index contributed by atoms with van der Waals surface area (Å²) < 4.78 is 23.6. The molecule has 1 aromatic carbocycles. The van der Waals surface area contributed by atoms with Gasteiger partial charge in [0.1, 0.15) is 5.82 Å². The number of ether oxygens (including phenoxy) is 2. The number of methoxy groups -OCH3 is 2. The minimum Gasteiger partial charge on any atom is -0.493 e. The molecule has 0 aliphatic heterocycles. The minimum absolute atomic E-state index is 0.364. The van der Waals surface area contributed by atoms with Crippen molar-refractivity contribution in [2.24, 2.45) is 5.92 Å². The molecule has 1 N–H and O–H groups in total. The van der Waals surface area contributed by atoms with Crippen LogP contribution in [-0.2, 0) is 6.42 Å². The van der Waals surface area contributed by atoms with Crippen LogP contribution in [0.5, 0.6) is 11.5 Å². The first kappa shape index (κ1) is 16.1. The van der Waals surface area contributed by atoms with Crippen LogP contribution in [0.15, 0.2) is 36.4 Å². The molecule has 1 unspecified atom stereocenters. The summed E-state index contributed by atoms with van der Waals surface area (Å²) in [5.41, 5.74) is 1.17. The molecule has 5 heteroatoms. The second-order valence-electron chi connectivity index (χ2n) is 5.23. The number of halogens is 1. The Bertz CT molecular complexity index is 619. The lowest BCUT2D eigenvalue weighted by molar-refractivity contribution is 0.354. The van der Waals surface area contributed by atoms with Crippen LogP contribution in [0.2, 0.25) is 0 Å². The van der Waals surface area contributed by atoms with E-state index in [-0.39, 0.29) is 0 Å². The van der Waals surface area contributed by atoms with Gasteiger partial charge in [-0.2, -0.15) is 4.39 Å². The highest BCUT2D eigenvalue weighted by molar-refractivity contribution is 5.43. The van der Waals surface area contributed by atoms with Crippen LogP contribution in [0.25, 0.3) is 0 Å². The Morgan fingerprint density at radius 2 is 1.91 bits per heavy atom. The Hall–Kier alpha value is -2.30. The predicted octanol–water partition coefficient (Wildman–Crippen LogP) is 3.53. The van der Waals surface area contributed by atoms with E-state index in [2.05, 4.69) is 17.2 Å². The molecule has 0 spiro atoms. The molecule has 0 amide bonds. The van der Waals surface area contributed by atoms with E-state index in [9.17, 15) is 4.39 Å². The van der Waals surface area contributed by atoms with Gasteiger partial charge in [0.05, 0.1) is 14.2 Å². The van der Waals surface area contributed by atoms with Gasteiger partial charge >= 0.3 is 0 Å². The molecule has 1 atom stereocenters. The Morgan fingerprint density at radius 3 is 2.59 bits per heavy atom. The molecular formula is C17H21FN2O2. The molecule has 118 valence electrons. The lowest BCUT2D eigenvalue weighted by Gasteiger charge is -2.15. The normalized spacial score (nSPS) is 11.8. The van der Waals surface area contributed by atoms with Gasteiger partial charge in [-0.15, -0.1) is 0 Å². The fourth-order valence-corrected chi connectivity index (χ4v) is 2.27. The smallest absolute Gasteiger partial charge is 0.214 e. The maximum Gasteiger partial charge on any atom is 0.214 e. The van der Waals surface area contributed by atoms with Crippen molar-refractivity contribution in [1.82, 2.24) is 4.98 Å². The van der Waals surface area contributed by atoms with Gasteiger partial charge in [0, 0.05) is 6.54 Å². The zero-order valence-corrected chi connectivity index (χ0v) is 13.1. The van der Waals surface area contributed by atoms with E-state index < -0.39 is 5.95 Å². The number of hydrogen-bond donors (Lipinski definition) is 1. The van der Waals surface area contributed by atoms with Crippen molar-refractivity contribution in [3.63, 3.8) is 0 Å². The van der Waals surface area contributed by atoms with E-state index in [0.29, 0.717) is 18.3 Å². The van der Waals surface area contributed by atoms with Crippen molar-refractivity contribution in [1.29, 1.82) is 0 Å². The molecule has 0 saturated heterocycles. The first-order valence-corrected chi connectivity index (χ1v) is 7.19. The minimum atomic E-state index is -0.474. The number of nitrogens with one attached hydrogen (secondary N) is 1. The first-order chi connectivity index (χ1) is 10.6. The summed E-state index contributed by atoms with van der Waals surface area (Å²) in [5, 5.41) is 3.15. The summed E-state index contributed by atoms with van der Waals surface area (Å²) in [6, 6.07) is 10.6. The van der Waals surface area contributed by atoms with Crippen LogP contribution >= 0.6 is 0 Å². The third kappa shape index (κ3) is 4.35. The maximum absolute atomic E-state index is 13.0. The lowest BCUT2D eigenvalue weighted by Crippen LogP contribution is -2.14. The Morgan fingerprint density at radius 1 is 1.14 bits per heavy atom. The number of pyridine rings is 1. The van der Waals surface area contributed by atoms with Crippen LogP contribution in [0.1, 0.15) is 12.5 Å². The van der Waals surface area contributed by atoms with E-state index in [4.69, 9.17) is 9.47 Å². The van der Waals surface area contributed by atoms with Gasteiger partial charge in [-0.25, -0.2) is 4.98 Å². The Labute approximate surface area is 130 Å². The number of rotatable bonds is 7. The average Bonchev–Trinajstić information content (AvgIpc) is 2.53. The average molecular weight is 304 g/mol. The summed E-state index contributed by atoms with van der Waals surface area (Å²) in [4.78, 5) is 3.79. The zero-order chi connectivity index (χ0) is 15.9. The summed E-state index contributed by atoms with van der Waals surface area (Å²) >= 11 is 0. The molecule has 0 bridgehead atoms. The summed E-state index contributed by atoms with van der Waals surface area (Å²) in [6.45, 7) is 2.84. The molecule has 0 saturated carbocycles. The first-order valence-electron chi connectivity index (χ1n) is 7.19. The van der Waals surface area contributed by atoms with Gasteiger partial charge in [-0.3, -0.25) is 0 Å². The van der Waals surface area contributed by atoms with Crippen molar-refractivity contribution in [3.05, 3.63) is 47.9 Å². The second kappa shape index (κ2) is 7.64. The van der Waals surface area contributed by atoms with Gasteiger partial charge in [-0.1, -0.05) is 19.1 Å². The maximum atomic E-state index is 13.0. The van der Waals surface area contributed by atoms with Crippen molar-refractivity contribution >= 4 is 5.82 Å². The highest BCUT2D eigenvalue weighted by Crippen LogP contribution is 2.28. The van der Waals surface area contributed by atoms with Crippen LogP contribution in [0.3, 0.4) is 0 Å². The van der Waals surface area contributed by atoms with Crippen molar-refractivity contribution < 1.29 is 13.9 Å². The monoisotopic (exact) mass is 304 g/mol. The third-order valence-electron chi connectivity index (χ3n) is 3.38. The molecular weight excluding hydrogens is 283 g/mol. The van der Waals surface area contributed by atoms with Gasteiger partial charge in [0.2, 0.25) is 5.95 Å². The Balaban J connectivity index is 1.93. The van der Waals surface area contributed by atoms with Gasteiger partial charge < -0.3 is 14.8 Å². The van der Waals surface area contributed by atoms with Crippen molar-refractivity contribution in [2.45, 2.75) is 13.3 Å².